The van der Waals surface area contributed by atoms with Crippen LogP contribution < -0.4 is 0 Å². The van der Waals surface area contributed by atoms with Crippen LogP contribution in [0.5, 0.6) is 0 Å². The first-order valence-corrected chi connectivity index (χ1v) is 23.3. The first-order chi connectivity index (χ1) is 28.0. The first kappa shape index (κ1) is 53.6. The predicted molar refractivity (Wildman–Crippen MR) is 230 cm³/mol. The second-order valence-electron chi connectivity index (χ2n) is 14.9. The minimum atomic E-state index is -5.05. The molecule has 8 atom stereocenters. The van der Waals surface area contributed by atoms with Gasteiger partial charge in [0.05, 0.1) is 12.9 Å². The number of esters is 1. The maximum atomic E-state index is 12.8. The Balaban J connectivity index is 2.51. The fraction of sp³-hybridized carbons (Fsp3) is 0.711. The molecule has 0 radical (unpaired) electrons. The fourth-order valence-electron chi connectivity index (χ4n) is 6.18. The van der Waals surface area contributed by atoms with Gasteiger partial charge >= 0.3 is 13.8 Å². The molecule has 0 saturated heterocycles. The van der Waals surface area contributed by atoms with Crippen LogP contribution in [0.4, 0.5) is 0 Å². The quantitative estimate of drug-likeness (QED) is 0.0117. The van der Waals surface area contributed by atoms with E-state index in [0.717, 1.165) is 51.4 Å². The van der Waals surface area contributed by atoms with Gasteiger partial charge in [-0.15, -0.1) is 0 Å². The Bertz CT molecular complexity index is 1230. The van der Waals surface area contributed by atoms with Crippen molar-refractivity contribution in [2.24, 2.45) is 0 Å². The average Bonchev–Trinajstić information content (AvgIpc) is 3.21. The van der Waals surface area contributed by atoms with Gasteiger partial charge in [0.25, 0.3) is 0 Å². The molecule has 58 heavy (non-hydrogen) atoms. The summed E-state index contributed by atoms with van der Waals surface area (Å²) in [4.78, 5) is 23.1. The molecule has 0 aromatic carbocycles. The van der Waals surface area contributed by atoms with Gasteiger partial charge in [-0.05, 0) is 63.9 Å². The van der Waals surface area contributed by atoms with Gasteiger partial charge in [0.15, 0.2) is 6.10 Å². The van der Waals surface area contributed by atoms with Crippen LogP contribution in [0, 0.1) is 0 Å². The molecule has 0 aromatic heterocycles. The zero-order chi connectivity index (χ0) is 42.7. The number of ether oxygens (including phenoxy) is 2. The average molecular weight is 841 g/mol. The van der Waals surface area contributed by atoms with Crippen LogP contribution in [0.3, 0.4) is 0 Å². The summed E-state index contributed by atoms with van der Waals surface area (Å²) in [6.07, 6.45) is 33.4. The normalized spacial score (nSPS) is 23.3. The van der Waals surface area contributed by atoms with Crippen molar-refractivity contribution in [1.82, 2.24) is 0 Å². The second kappa shape index (κ2) is 35.4. The van der Waals surface area contributed by atoms with E-state index in [2.05, 4.69) is 62.5 Å². The highest BCUT2D eigenvalue weighted by atomic mass is 31.2. The molecule has 6 N–H and O–H groups in total. The summed E-state index contributed by atoms with van der Waals surface area (Å²) in [6.45, 7) is 3.54. The van der Waals surface area contributed by atoms with E-state index >= 15 is 0 Å². The monoisotopic (exact) mass is 841 g/mol. The van der Waals surface area contributed by atoms with Crippen molar-refractivity contribution in [3.05, 3.63) is 73.1 Å². The van der Waals surface area contributed by atoms with Crippen LogP contribution >= 0.6 is 7.82 Å². The summed E-state index contributed by atoms with van der Waals surface area (Å²) in [6, 6.07) is 0. The molecule has 12 nitrogen and oxygen atoms in total. The van der Waals surface area contributed by atoms with E-state index < -0.39 is 63.1 Å². The lowest BCUT2D eigenvalue weighted by Gasteiger charge is -2.41. The molecule has 0 heterocycles. The largest absolute Gasteiger partial charge is 0.498 e. The van der Waals surface area contributed by atoms with Crippen LogP contribution in [-0.4, -0.2) is 92.3 Å². The van der Waals surface area contributed by atoms with Crippen LogP contribution in [0.15, 0.2) is 73.1 Å². The van der Waals surface area contributed by atoms with Crippen molar-refractivity contribution in [2.45, 2.75) is 191 Å². The minimum absolute atomic E-state index is 0.0887. The van der Waals surface area contributed by atoms with Crippen LogP contribution in [0.1, 0.15) is 149 Å². The molecule has 13 heteroatoms. The van der Waals surface area contributed by atoms with E-state index in [1.54, 1.807) is 0 Å². The summed E-state index contributed by atoms with van der Waals surface area (Å²) >= 11 is 0. The lowest BCUT2D eigenvalue weighted by atomic mass is 9.85. The zero-order valence-corrected chi connectivity index (χ0v) is 36.2. The van der Waals surface area contributed by atoms with Gasteiger partial charge in [0, 0.05) is 6.42 Å². The van der Waals surface area contributed by atoms with Gasteiger partial charge in [-0.1, -0.05) is 145 Å². The topological polar surface area (TPSA) is 192 Å². The van der Waals surface area contributed by atoms with Crippen molar-refractivity contribution in [3.63, 3.8) is 0 Å². The predicted octanol–water partition coefficient (Wildman–Crippen LogP) is 8.76. The molecule has 0 amide bonds. The number of carbonyl (C=O) groups is 1. The number of carbonyl (C=O) groups excluding carboxylic acids is 1. The van der Waals surface area contributed by atoms with Gasteiger partial charge in [-0.2, -0.15) is 0 Å². The van der Waals surface area contributed by atoms with Crippen molar-refractivity contribution >= 4 is 13.8 Å². The molecule has 1 fully saturated rings. The van der Waals surface area contributed by atoms with Crippen molar-refractivity contribution in [2.75, 3.05) is 13.2 Å². The molecule has 1 saturated carbocycles. The Labute approximate surface area is 349 Å². The number of hydrogen-bond donors (Lipinski definition) is 6. The Morgan fingerprint density at radius 3 is 1.53 bits per heavy atom. The molecule has 334 valence electrons. The molecule has 0 aliphatic heterocycles. The van der Waals surface area contributed by atoms with Crippen LogP contribution in [0.25, 0.3) is 0 Å². The standard InChI is InChI=1S/C45H77O12P/c1-3-5-7-9-11-13-15-17-19-20-21-22-24-26-28-30-32-34-39(46)56-38(36-54-35-33-31-29-27-25-23-18-16-14-12-10-8-6-4-2)37-55-58(52,53)57-45-43(50)41(48)40(47)42(49)44(45)51/h5,7,11,13,17,19,21-22,26,28,33,35,38,40-45,47-51H,3-4,6,8-10,12,14-16,18,20,23-25,27,29-32,34,36-37H2,1-2H3,(H,52,53)/b7-5-,13-11-,19-17-,22-21-,28-26-,35-33-/t38-,40?,41-,42?,43?,44?,45?/m1/s1. The highest BCUT2D eigenvalue weighted by Crippen LogP contribution is 2.47. The molecule has 0 aromatic rings. The van der Waals surface area contributed by atoms with E-state index in [0.29, 0.717) is 12.8 Å². The smallest absolute Gasteiger partial charge is 0.472 e. The van der Waals surface area contributed by atoms with E-state index in [1.807, 2.05) is 18.2 Å². The van der Waals surface area contributed by atoms with E-state index in [4.69, 9.17) is 18.5 Å². The van der Waals surface area contributed by atoms with Gasteiger partial charge in [0.1, 0.15) is 43.2 Å². The number of phosphoric acid groups is 1. The van der Waals surface area contributed by atoms with Crippen molar-refractivity contribution in [3.8, 4) is 0 Å². The second-order valence-corrected chi connectivity index (χ2v) is 16.3. The van der Waals surface area contributed by atoms with E-state index in [9.17, 15) is 39.8 Å². The fourth-order valence-corrected chi connectivity index (χ4v) is 7.15. The summed E-state index contributed by atoms with van der Waals surface area (Å²) in [7, 11) is -5.05. The molecule has 1 rings (SSSR count). The first-order valence-electron chi connectivity index (χ1n) is 21.8. The minimum Gasteiger partial charge on any atom is -0.498 e. The molecular weight excluding hydrogens is 763 g/mol. The van der Waals surface area contributed by atoms with E-state index in [-0.39, 0.29) is 13.0 Å². The number of rotatable bonds is 35. The highest BCUT2D eigenvalue weighted by molar-refractivity contribution is 7.47. The molecule has 0 spiro atoms. The number of unbranched alkanes of at least 4 members (excludes halogenated alkanes) is 13. The maximum absolute atomic E-state index is 12.8. The number of aliphatic hydroxyl groups excluding tert-OH is 5. The third-order valence-electron chi connectivity index (χ3n) is 9.66. The Hall–Kier alpha value is -2.38. The summed E-state index contributed by atoms with van der Waals surface area (Å²) < 4.78 is 33.8. The number of allylic oxidation sites excluding steroid dienone is 11. The van der Waals surface area contributed by atoms with Gasteiger partial charge in [0.2, 0.25) is 0 Å². The summed E-state index contributed by atoms with van der Waals surface area (Å²) in [5.74, 6) is -0.558. The number of phosphoric ester groups is 1. The summed E-state index contributed by atoms with van der Waals surface area (Å²) in [5, 5.41) is 50.1. The van der Waals surface area contributed by atoms with E-state index in [1.165, 1.54) is 70.5 Å². The third-order valence-corrected chi connectivity index (χ3v) is 10.6. The van der Waals surface area contributed by atoms with Crippen molar-refractivity contribution < 1.29 is 58.3 Å². The molecular formula is C45H77O12P. The van der Waals surface area contributed by atoms with Gasteiger partial charge < -0.3 is 39.9 Å². The van der Waals surface area contributed by atoms with Crippen molar-refractivity contribution in [1.29, 1.82) is 0 Å². The van der Waals surface area contributed by atoms with Crippen LogP contribution in [-0.2, 0) is 27.9 Å². The summed E-state index contributed by atoms with van der Waals surface area (Å²) in [5.41, 5.74) is 0. The Morgan fingerprint density at radius 2 is 1.02 bits per heavy atom. The van der Waals surface area contributed by atoms with Gasteiger partial charge in [-0.3, -0.25) is 13.8 Å². The van der Waals surface area contributed by atoms with Crippen LogP contribution in [0.2, 0.25) is 0 Å². The third kappa shape index (κ3) is 27.4. The Kier molecular flexibility index (Phi) is 32.7. The molecule has 1 aliphatic rings. The number of aliphatic hydroxyl groups is 5. The molecule has 1 aliphatic carbocycles. The molecule has 0 bridgehead atoms. The highest BCUT2D eigenvalue weighted by Gasteiger charge is 2.51. The Morgan fingerprint density at radius 1 is 0.569 bits per heavy atom. The zero-order valence-electron chi connectivity index (χ0n) is 35.3. The maximum Gasteiger partial charge on any atom is 0.472 e. The lowest BCUT2D eigenvalue weighted by Crippen LogP contribution is -2.64. The van der Waals surface area contributed by atoms with Gasteiger partial charge in [-0.25, -0.2) is 4.57 Å². The molecule has 6 unspecified atom stereocenters. The lowest BCUT2D eigenvalue weighted by molar-refractivity contribution is -0.220. The number of hydrogen-bond acceptors (Lipinski definition) is 11. The SMILES string of the molecule is CC/C=C\C/C=C\C/C=C\C/C=C\C/C=C\CCCC(=O)O[C@H](CO/C=C\CCCCCCCCCCCCCC)COP(=O)(O)OC1C(O)C(O)C(O)[C@@H](O)C1O.